The number of furan rings is 1. The largest absolute Gasteiger partial charge is 0.493 e. The topological polar surface area (TPSA) is 57.3 Å². The number of hydrogen-bond donors (Lipinski definition) is 0. The number of ketones is 1. The Morgan fingerprint density at radius 1 is 1.43 bits per heavy atom. The summed E-state index contributed by atoms with van der Waals surface area (Å²) in [5, 5.41) is 4.88. The highest BCUT2D eigenvalue weighted by atomic mass is 16.5. The predicted octanol–water partition coefficient (Wildman–Crippen LogP) is 3.07. The second kappa shape index (κ2) is 5.28. The SMILES string of the molecule is COc1cccc2cc(C(=O)/C=C/c3cnn(C)c3)oc12. The van der Waals surface area contributed by atoms with Crippen LogP contribution < -0.4 is 4.74 Å². The highest BCUT2D eigenvalue weighted by Gasteiger charge is 2.12. The zero-order valence-corrected chi connectivity index (χ0v) is 11.7. The fraction of sp³-hybridized carbons (Fsp3) is 0.125. The molecule has 106 valence electrons. The smallest absolute Gasteiger partial charge is 0.221 e. The van der Waals surface area contributed by atoms with Gasteiger partial charge in [-0.15, -0.1) is 0 Å². The normalized spacial score (nSPS) is 11.3. The molecule has 0 unspecified atom stereocenters. The maximum absolute atomic E-state index is 12.1. The van der Waals surface area contributed by atoms with E-state index in [0.29, 0.717) is 11.3 Å². The number of aromatic nitrogens is 2. The molecule has 0 fully saturated rings. The van der Waals surface area contributed by atoms with E-state index in [2.05, 4.69) is 5.10 Å². The fourth-order valence-electron chi connectivity index (χ4n) is 2.10. The molecule has 0 bridgehead atoms. The van der Waals surface area contributed by atoms with Crippen molar-refractivity contribution in [3.63, 3.8) is 0 Å². The van der Waals surface area contributed by atoms with Crippen LogP contribution in [0.15, 0.2) is 47.2 Å². The Bertz CT molecular complexity index is 827. The van der Waals surface area contributed by atoms with Crippen LogP contribution in [0.3, 0.4) is 0 Å². The summed E-state index contributed by atoms with van der Waals surface area (Å²) >= 11 is 0. The third kappa shape index (κ3) is 2.58. The Balaban J connectivity index is 1.89. The minimum Gasteiger partial charge on any atom is -0.493 e. The fourth-order valence-corrected chi connectivity index (χ4v) is 2.10. The number of hydrogen-bond acceptors (Lipinski definition) is 4. The molecule has 2 heterocycles. The molecule has 0 saturated carbocycles. The van der Waals surface area contributed by atoms with Crippen LogP contribution in [-0.2, 0) is 7.05 Å². The molecular formula is C16H14N2O3. The standard InChI is InChI=1S/C16H14N2O3/c1-18-10-11(9-17-18)6-7-13(19)15-8-12-4-3-5-14(20-2)16(12)21-15/h3-10H,1-2H3/b7-6+. The Hall–Kier alpha value is -2.82. The lowest BCUT2D eigenvalue weighted by molar-refractivity contribution is 0.102. The van der Waals surface area contributed by atoms with E-state index < -0.39 is 0 Å². The summed E-state index contributed by atoms with van der Waals surface area (Å²) in [5.41, 5.74) is 1.44. The minimum absolute atomic E-state index is 0.197. The second-order valence-electron chi connectivity index (χ2n) is 4.63. The first kappa shape index (κ1) is 13.2. The van der Waals surface area contributed by atoms with Gasteiger partial charge in [0, 0.05) is 24.2 Å². The highest BCUT2D eigenvalue weighted by molar-refractivity contribution is 6.07. The van der Waals surface area contributed by atoms with Gasteiger partial charge in [0.1, 0.15) is 0 Å². The van der Waals surface area contributed by atoms with Crippen LogP contribution in [-0.4, -0.2) is 22.7 Å². The molecule has 0 atom stereocenters. The van der Waals surface area contributed by atoms with Crippen molar-refractivity contribution in [3.05, 3.63) is 54.1 Å². The van der Waals surface area contributed by atoms with Crippen LogP contribution in [0.1, 0.15) is 16.1 Å². The van der Waals surface area contributed by atoms with Crippen LogP contribution >= 0.6 is 0 Å². The summed E-state index contributed by atoms with van der Waals surface area (Å²) < 4.78 is 12.5. The van der Waals surface area contributed by atoms with Gasteiger partial charge in [-0.2, -0.15) is 5.10 Å². The number of fused-ring (bicyclic) bond motifs is 1. The van der Waals surface area contributed by atoms with Crippen molar-refractivity contribution in [2.45, 2.75) is 0 Å². The molecule has 0 radical (unpaired) electrons. The maximum Gasteiger partial charge on any atom is 0.221 e. The average Bonchev–Trinajstić information content (AvgIpc) is 3.10. The van der Waals surface area contributed by atoms with E-state index in [1.165, 1.54) is 6.08 Å². The van der Waals surface area contributed by atoms with Gasteiger partial charge in [-0.25, -0.2) is 0 Å². The number of nitrogens with zero attached hydrogens (tertiary/aromatic N) is 2. The van der Waals surface area contributed by atoms with E-state index in [4.69, 9.17) is 9.15 Å². The Morgan fingerprint density at radius 2 is 2.29 bits per heavy atom. The van der Waals surface area contributed by atoms with Crippen LogP contribution in [0, 0.1) is 0 Å². The van der Waals surface area contributed by atoms with Crippen LogP contribution in [0.4, 0.5) is 0 Å². The number of benzene rings is 1. The number of para-hydroxylation sites is 1. The summed E-state index contributed by atoms with van der Waals surface area (Å²) in [7, 11) is 3.39. The van der Waals surface area contributed by atoms with Crippen LogP contribution in [0.2, 0.25) is 0 Å². The van der Waals surface area contributed by atoms with E-state index in [1.807, 2.05) is 25.4 Å². The molecule has 0 amide bonds. The van der Waals surface area contributed by atoms with E-state index in [-0.39, 0.29) is 11.5 Å². The van der Waals surface area contributed by atoms with Gasteiger partial charge in [0.15, 0.2) is 17.1 Å². The van der Waals surface area contributed by atoms with Crippen molar-refractivity contribution in [1.29, 1.82) is 0 Å². The summed E-state index contributed by atoms with van der Waals surface area (Å²) in [6.45, 7) is 0. The number of allylic oxidation sites excluding steroid dienone is 1. The van der Waals surface area contributed by atoms with E-state index in [9.17, 15) is 4.79 Å². The number of rotatable bonds is 4. The first-order chi connectivity index (χ1) is 10.2. The molecule has 0 aliphatic heterocycles. The van der Waals surface area contributed by atoms with Crippen molar-refractivity contribution in [2.75, 3.05) is 7.11 Å². The summed E-state index contributed by atoms with van der Waals surface area (Å²) in [4.78, 5) is 12.1. The quantitative estimate of drug-likeness (QED) is 0.545. The van der Waals surface area contributed by atoms with Gasteiger partial charge < -0.3 is 9.15 Å². The third-order valence-electron chi connectivity index (χ3n) is 3.12. The molecule has 0 aliphatic carbocycles. The van der Waals surface area contributed by atoms with Crippen LogP contribution in [0.5, 0.6) is 5.75 Å². The molecule has 0 N–H and O–H groups in total. The molecule has 0 aliphatic rings. The highest BCUT2D eigenvalue weighted by Crippen LogP contribution is 2.28. The van der Waals surface area contributed by atoms with Gasteiger partial charge in [-0.1, -0.05) is 12.1 Å². The molecule has 0 spiro atoms. The van der Waals surface area contributed by atoms with E-state index in [0.717, 1.165) is 10.9 Å². The van der Waals surface area contributed by atoms with Gasteiger partial charge in [0.25, 0.3) is 0 Å². The average molecular weight is 282 g/mol. The zero-order chi connectivity index (χ0) is 14.8. The first-order valence-electron chi connectivity index (χ1n) is 6.45. The van der Waals surface area contributed by atoms with Gasteiger partial charge in [0.05, 0.1) is 13.3 Å². The summed E-state index contributed by atoms with van der Waals surface area (Å²) in [6, 6.07) is 7.25. The minimum atomic E-state index is -0.197. The lowest BCUT2D eigenvalue weighted by Gasteiger charge is -1.98. The van der Waals surface area contributed by atoms with Crippen LogP contribution in [0.25, 0.3) is 17.0 Å². The Kier molecular flexibility index (Phi) is 3.31. The molecular weight excluding hydrogens is 268 g/mol. The van der Waals surface area contributed by atoms with E-state index in [1.54, 1.807) is 36.2 Å². The molecule has 5 heteroatoms. The van der Waals surface area contributed by atoms with Gasteiger partial charge in [-0.05, 0) is 24.3 Å². The van der Waals surface area contributed by atoms with Crippen molar-refractivity contribution >= 4 is 22.8 Å². The molecule has 21 heavy (non-hydrogen) atoms. The number of ether oxygens (including phenoxy) is 1. The van der Waals surface area contributed by atoms with E-state index >= 15 is 0 Å². The Morgan fingerprint density at radius 3 is 3.00 bits per heavy atom. The summed E-state index contributed by atoms with van der Waals surface area (Å²) in [5.74, 6) is 0.703. The molecule has 2 aromatic heterocycles. The Labute approximate surface area is 121 Å². The van der Waals surface area contributed by atoms with Gasteiger partial charge in [0.2, 0.25) is 5.78 Å². The van der Waals surface area contributed by atoms with Crippen molar-refractivity contribution in [1.82, 2.24) is 9.78 Å². The van der Waals surface area contributed by atoms with Gasteiger partial charge >= 0.3 is 0 Å². The third-order valence-corrected chi connectivity index (χ3v) is 3.12. The monoisotopic (exact) mass is 282 g/mol. The number of carbonyl (C=O) groups excluding carboxylic acids is 1. The number of carbonyl (C=O) groups is 1. The number of methoxy groups -OCH3 is 1. The zero-order valence-electron chi connectivity index (χ0n) is 11.7. The maximum atomic E-state index is 12.1. The molecule has 3 rings (SSSR count). The summed E-state index contributed by atoms with van der Waals surface area (Å²) in [6.07, 6.45) is 6.69. The molecule has 3 aromatic rings. The first-order valence-corrected chi connectivity index (χ1v) is 6.45. The molecule has 0 saturated heterocycles. The lowest BCUT2D eigenvalue weighted by atomic mass is 10.2. The molecule has 5 nitrogen and oxygen atoms in total. The van der Waals surface area contributed by atoms with Crippen molar-refractivity contribution in [3.8, 4) is 5.75 Å². The van der Waals surface area contributed by atoms with Crippen molar-refractivity contribution < 1.29 is 13.9 Å². The van der Waals surface area contributed by atoms with Gasteiger partial charge in [-0.3, -0.25) is 9.48 Å². The predicted molar refractivity (Wildman–Crippen MR) is 79.3 cm³/mol. The molecule has 1 aromatic carbocycles. The number of aryl methyl sites for hydroxylation is 1. The second-order valence-corrected chi connectivity index (χ2v) is 4.63. The lowest BCUT2D eigenvalue weighted by Crippen LogP contribution is -1.90. The van der Waals surface area contributed by atoms with Crippen molar-refractivity contribution in [2.24, 2.45) is 7.05 Å².